The summed E-state index contributed by atoms with van der Waals surface area (Å²) >= 11 is 1.25. The molecule has 1 heterocycles. The number of hydrogen-bond donors (Lipinski definition) is 3. The van der Waals surface area contributed by atoms with Gasteiger partial charge in [-0.2, -0.15) is 4.98 Å². The summed E-state index contributed by atoms with van der Waals surface area (Å²) in [5.41, 5.74) is 4.27. The third kappa shape index (κ3) is 10.9. The first kappa shape index (κ1) is 36.6. The van der Waals surface area contributed by atoms with Crippen LogP contribution in [0.15, 0.2) is 75.4 Å². The smallest absolute Gasteiger partial charge is 0.335 e. The third-order valence-corrected chi connectivity index (χ3v) is 8.99. The number of nitrogens with zero attached hydrogens (tertiary/aromatic N) is 5. The molecular formula is C37H49N7O3S. The lowest BCUT2D eigenvalue weighted by Crippen LogP contribution is -2.38. The highest BCUT2D eigenvalue weighted by Crippen LogP contribution is 2.31. The van der Waals surface area contributed by atoms with Crippen molar-refractivity contribution in [3.05, 3.63) is 77.2 Å². The Morgan fingerprint density at radius 3 is 2.54 bits per heavy atom. The number of carboxylic acid groups (broad SMARTS) is 1. The lowest BCUT2D eigenvalue weighted by Gasteiger charge is -2.35. The molecule has 256 valence electrons. The molecule has 1 saturated carbocycles. The van der Waals surface area contributed by atoms with E-state index < -0.39 is 5.97 Å². The fourth-order valence-corrected chi connectivity index (χ4v) is 6.19. The van der Waals surface area contributed by atoms with Crippen LogP contribution in [0.2, 0.25) is 0 Å². The van der Waals surface area contributed by atoms with E-state index in [4.69, 9.17) is 9.72 Å². The van der Waals surface area contributed by atoms with E-state index in [0.29, 0.717) is 24.5 Å². The van der Waals surface area contributed by atoms with Gasteiger partial charge in [0.05, 0.1) is 17.5 Å². The van der Waals surface area contributed by atoms with E-state index in [-0.39, 0.29) is 17.0 Å². The van der Waals surface area contributed by atoms with Crippen LogP contribution in [0.3, 0.4) is 0 Å². The average Bonchev–Trinajstić information content (AvgIpc) is 3.00. The van der Waals surface area contributed by atoms with E-state index in [1.807, 2.05) is 24.4 Å². The lowest BCUT2D eigenvalue weighted by molar-refractivity contribution is 0.0696. The Hall–Kier alpha value is -4.22. The number of aryl methyl sites for hydroxylation is 2. The van der Waals surface area contributed by atoms with Crippen LogP contribution in [0.4, 0.5) is 5.95 Å². The van der Waals surface area contributed by atoms with Crippen molar-refractivity contribution in [3.8, 4) is 17.1 Å². The molecule has 10 nitrogen and oxygen atoms in total. The van der Waals surface area contributed by atoms with Gasteiger partial charge in [0.2, 0.25) is 11.8 Å². The summed E-state index contributed by atoms with van der Waals surface area (Å²) in [6.07, 6.45) is 9.00. The highest BCUT2D eigenvalue weighted by Gasteiger charge is 2.23. The molecule has 1 aliphatic carbocycles. The largest absolute Gasteiger partial charge is 0.478 e. The van der Waals surface area contributed by atoms with Gasteiger partial charge < -0.3 is 20.1 Å². The summed E-state index contributed by atoms with van der Waals surface area (Å²) in [5.74, 6) is 0.651. The number of aliphatic imine (C=N–C) groups is 2. The van der Waals surface area contributed by atoms with E-state index in [2.05, 4.69) is 90.4 Å². The predicted molar refractivity (Wildman–Crippen MR) is 197 cm³/mol. The number of nitrogens with one attached hydrogen (secondary N) is 2. The Balaban J connectivity index is 1.46. The maximum Gasteiger partial charge on any atom is 0.335 e. The first-order valence-electron chi connectivity index (χ1n) is 16.4. The normalized spacial score (nSPS) is 14.4. The van der Waals surface area contributed by atoms with Crippen molar-refractivity contribution in [1.29, 1.82) is 0 Å². The van der Waals surface area contributed by atoms with E-state index >= 15 is 0 Å². The van der Waals surface area contributed by atoms with Crippen molar-refractivity contribution in [3.63, 3.8) is 0 Å². The second-order valence-electron chi connectivity index (χ2n) is 13.4. The van der Waals surface area contributed by atoms with Gasteiger partial charge >= 0.3 is 5.97 Å². The van der Waals surface area contributed by atoms with Crippen LogP contribution in [0.5, 0.6) is 5.88 Å². The number of ether oxygens (including phenoxy) is 1. The minimum atomic E-state index is -0.977. The van der Waals surface area contributed by atoms with Gasteiger partial charge in [-0.05, 0) is 99.4 Å². The zero-order valence-corrected chi connectivity index (χ0v) is 29.8. The molecule has 0 aliphatic heterocycles. The first-order valence-corrected chi connectivity index (χ1v) is 17.2. The summed E-state index contributed by atoms with van der Waals surface area (Å²) in [4.78, 5) is 32.5. The standard InChI is InChI=1S/C37H49N7O3S/c1-25-12-8-13-26(2)34(25)31-21-33(42-36(41-31)43-48-30-17-9-14-27(20-30)35(45)46)47-24-28(22-37(3,4)5)40-19-11-18-39-23-32(38-6)44(7)29-15-10-16-29/h8-9,12-14,17-18,20-21,23,28-29,40H,6,10-11,15-16,19,22,24H2,1-5,7H3,(H,45,46)(H,41,42,43)/b32-23+,39-18-. The Bertz CT molecular complexity index is 1590. The van der Waals surface area contributed by atoms with Crippen LogP contribution in [0, 0.1) is 19.3 Å². The molecule has 1 fully saturated rings. The molecule has 0 radical (unpaired) electrons. The van der Waals surface area contributed by atoms with Crippen molar-refractivity contribution in [2.24, 2.45) is 15.4 Å². The summed E-state index contributed by atoms with van der Waals surface area (Å²) in [5, 5.41) is 13.0. The van der Waals surface area contributed by atoms with E-state index in [9.17, 15) is 9.90 Å². The molecule has 1 unspecified atom stereocenters. The summed E-state index contributed by atoms with van der Waals surface area (Å²) in [7, 11) is 2.05. The molecule has 1 aromatic heterocycles. The van der Waals surface area contributed by atoms with Crippen molar-refractivity contribution < 1.29 is 14.6 Å². The molecule has 0 bridgehead atoms. The van der Waals surface area contributed by atoms with Crippen LogP contribution in [0.25, 0.3) is 11.3 Å². The van der Waals surface area contributed by atoms with Crippen LogP contribution < -0.4 is 14.8 Å². The quantitative estimate of drug-likeness (QED) is 0.0749. The highest BCUT2D eigenvalue weighted by atomic mass is 32.2. The molecule has 2 aromatic carbocycles. The predicted octanol–water partition coefficient (Wildman–Crippen LogP) is 7.80. The number of benzene rings is 2. The van der Waals surface area contributed by atoms with Gasteiger partial charge in [-0.15, -0.1) is 0 Å². The van der Waals surface area contributed by atoms with Crippen molar-refractivity contribution in [2.75, 3.05) is 24.9 Å². The Morgan fingerprint density at radius 1 is 1.17 bits per heavy atom. The molecule has 3 N–H and O–H groups in total. The molecular weight excluding hydrogens is 623 g/mol. The van der Waals surface area contributed by atoms with Crippen LogP contribution in [-0.2, 0) is 0 Å². The van der Waals surface area contributed by atoms with Crippen LogP contribution in [0.1, 0.15) is 74.4 Å². The maximum atomic E-state index is 11.5. The minimum absolute atomic E-state index is 0.0762. The molecule has 0 amide bonds. The summed E-state index contributed by atoms with van der Waals surface area (Å²) in [6.45, 7) is 15.7. The second-order valence-corrected chi connectivity index (χ2v) is 14.3. The third-order valence-electron chi connectivity index (χ3n) is 8.22. The number of aromatic carboxylic acids is 1. The Morgan fingerprint density at radius 2 is 1.90 bits per heavy atom. The van der Waals surface area contributed by atoms with Crippen LogP contribution >= 0.6 is 11.9 Å². The SMILES string of the molecule is C=N/C(=C\N=C/CCNC(COc1cc(-c2c(C)cccc2C)nc(NSc2cccc(C(=O)O)c2)n1)CC(C)(C)C)N(C)C1CCC1. The number of carboxylic acids is 1. The zero-order chi connectivity index (χ0) is 34.7. The molecule has 0 saturated heterocycles. The summed E-state index contributed by atoms with van der Waals surface area (Å²) < 4.78 is 9.58. The van der Waals surface area contributed by atoms with Gasteiger partial charge in [0.1, 0.15) is 12.4 Å². The van der Waals surface area contributed by atoms with Crippen molar-refractivity contribution in [2.45, 2.75) is 83.7 Å². The lowest BCUT2D eigenvalue weighted by atomic mass is 9.88. The molecule has 11 heteroatoms. The van der Waals surface area contributed by atoms with Crippen LogP contribution in [-0.4, -0.2) is 71.2 Å². The van der Waals surface area contributed by atoms with Crippen molar-refractivity contribution >= 4 is 36.8 Å². The van der Waals surface area contributed by atoms with E-state index in [1.54, 1.807) is 24.4 Å². The Kier molecular flexibility index (Phi) is 13.2. The Labute approximate surface area is 289 Å². The summed E-state index contributed by atoms with van der Waals surface area (Å²) in [6, 6.07) is 15.4. The average molecular weight is 672 g/mol. The first-order chi connectivity index (χ1) is 22.9. The van der Waals surface area contributed by atoms with Gasteiger partial charge in [0.15, 0.2) is 0 Å². The topological polar surface area (TPSA) is 124 Å². The monoisotopic (exact) mass is 671 g/mol. The number of aromatic nitrogens is 2. The fraction of sp³-hybridized carbons (Fsp3) is 0.432. The number of anilines is 1. The molecule has 48 heavy (non-hydrogen) atoms. The maximum absolute atomic E-state index is 11.5. The number of carbonyl (C=O) groups is 1. The minimum Gasteiger partial charge on any atom is -0.478 e. The van der Waals surface area contributed by atoms with E-state index in [1.165, 1.54) is 31.2 Å². The van der Waals surface area contributed by atoms with E-state index in [0.717, 1.165) is 52.5 Å². The molecule has 1 aliphatic rings. The highest BCUT2D eigenvalue weighted by molar-refractivity contribution is 8.00. The zero-order valence-electron chi connectivity index (χ0n) is 29.0. The van der Waals surface area contributed by atoms with Gasteiger partial charge in [0, 0.05) is 48.4 Å². The van der Waals surface area contributed by atoms with Gasteiger partial charge in [0.25, 0.3) is 0 Å². The fourth-order valence-electron chi connectivity index (χ4n) is 5.55. The molecule has 1 atom stereocenters. The number of rotatable bonds is 17. The second kappa shape index (κ2) is 17.3. The molecule has 4 rings (SSSR count). The van der Waals surface area contributed by atoms with Crippen molar-refractivity contribution in [1.82, 2.24) is 20.2 Å². The van der Waals surface area contributed by atoms with Gasteiger partial charge in [-0.25, -0.2) is 14.8 Å². The molecule has 3 aromatic rings. The molecule has 0 spiro atoms. The number of hydrogen-bond acceptors (Lipinski definition) is 10. The van der Waals surface area contributed by atoms with Gasteiger partial charge in [-0.1, -0.05) is 45.0 Å². The van der Waals surface area contributed by atoms with Gasteiger partial charge in [-0.3, -0.25) is 9.71 Å².